The van der Waals surface area contributed by atoms with Gasteiger partial charge >= 0.3 is 0 Å². The van der Waals surface area contributed by atoms with Gasteiger partial charge in [0.2, 0.25) is 0 Å². The Kier molecular flexibility index (Phi) is 5.97. The van der Waals surface area contributed by atoms with E-state index < -0.39 is 0 Å². The second-order valence-corrected chi connectivity index (χ2v) is 17.2. The summed E-state index contributed by atoms with van der Waals surface area (Å²) < 4.78 is 5.49. The third-order valence-electron chi connectivity index (χ3n) is 12.0. The van der Waals surface area contributed by atoms with Crippen LogP contribution in [0.4, 0.5) is 0 Å². The summed E-state index contributed by atoms with van der Waals surface area (Å²) in [6.45, 7) is 4.75. The monoisotopic (exact) mass is 708 g/mol. The summed E-state index contributed by atoms with van der Waals surface area (Å²) in [7, 11) is 0. The molecule has 53 heavy (non-hydrogen) atoms. The Bertz CT molecular complexity index is 3310. The molecule has 0 fully saturated rings. The minimum Gasteiger partial charge on any atom is -0.134 e. The van der Waals surface area contributed by atoms with Crippen LogP contribution < -0.4 is 0 Å². The fourth-order valence-electron chi connectivity index (χ4n) is 9.67. The maximum Gasteiger partial charge on any atom is 0.0455 e. The van der Waals surface area contributed by atoms with Crippen LogP contribution in [0.2, 0.25) is 0 Å². The largest absolute Gasteiger partial charge is 0.134 e. The van der Waals surface area contributed by atoms with E-state index in [1.807, 2.05) is 22.7 Å². The van der Waals surface area contributed by atoms with Crippen molar-refractivity contribution in [3.8, 4) is 33.4 Å². The van der Waals surface area contributed by atoms with E-state index in [4.69, 9.17) is 0 Å². The number of hydrogen-bond acceptors (Lipinski definition) is 2. The molecule has 1 aliphatic rings. The number of hydrogen-bond donors (Lipinski definition) is 0. The molecule has 248 valence electrons. The fourth-order valence-corrected chi connectivity index (χ4v) is 12.2. The third kappa shape index (κ3) is 3.95. The lowest BCUT2D eigenvalue weighted by atomic mass is 9.80. The van der Waals surface area contributed by atoms with E-state index in [0.717, 1.165) is 0 Å². The summed E-state index contributed by atoms with van der Waals surface area (Å²) in [6.07, 6.45) is 0. The van der Waals surface area contributed by atoms with Gasteiger partial charge in [-0.25, -0.2) is 0 Å². The molecule has 9 aromatic carbocycles. The van der Waals surface area contributed by atoms with E-state index in [1.165, 1.54) is 117 Å². The minimum absolute atomic E-state index is 0.0583. The van der Waals surface area contributed by atoms with Crippen LogP contribution in [0.5, 0.6) is 0 Å². The van der Waals surface area contributed by atoms with E-state index >= 15 is 0 Å². The SMILES string of the molecule is CC1(C)c2ccccc2-c2ccc(-c3c4ccccc4c(-c4ccc5sc6c(c5c4)c4ccccc4c4sc5ccccc5c46)c4ccccc34)cc21. The minimum atomic E-state index is -0.0583. The summed E-state index contributed by atoms with van der Waals surface area (Å²) in [5.41, 5.74) is 10.6. The number of thiophene rings is 2. The average Bonchev–Trinajstić information content (AvgIpc) is 3.85. The van der Waals surface area contributed by atoms with Crippen LogP contribution in [0.1, 0.15) is 25.0 Å². The van der Waals surface area contributed by atoms with Crippen LogP contribution in [0.25, 0.3) is 106 Å². The molecular formula is C51H32S2. The molecule has 0 nitrogen and oxygen atoms in total. The molecule has 0 unspecified atom stereocenters. The van der Waals surface area contributed by atoms with E-state index in [0.29, 0.717) is 0 Å². The quantitative estimate of drug-likeness (QED) is 0.157. The van der Waals surface area contributed by atoms with Crippen LogP contribution in [0.3, 0.4) is 0 Å². The topological polar surface area (TPSA) is 0 Å². The lowest BCUT2D eigenvalue weighted by molar-refractivity contribution is 0.660. The van der Waals surface area contributed by atoms with Crippen molar-refractivity contribution in [3.63, 3.8) is 0 Å². The maximum absolute atomic E-state index is 2.49. The van der Waals surface area contributed by atoms with Crippen molar-refractivity contribution in [1.82, 2.24) is 0 Å². The zero-order valence-corrected chi connectivity index (χ0v) is 31.0. The van der Waals surface area contributed by atoms with E-state index in [9.17, 15) is 0 Å². The first-order valence-corrected chi connectivity index (χ1v) is 20.1. The lowest BCUT2D eigenvalue weighted by Gasteiger charge is -2.23. The molecule has 0 bridgehead atoms. The van der Waals surface area contributed by atoms with Gasteiger partial charge in [0.25, 0.3) is 0 Å². The molecule has 2 aromatic heterocycles. The Labute approximate surface area is 315 Å². The Morgan fingerprint density at radius 3 is 1.58 bits per heavy atom. The van der Waals surface area contributed by atoms with Gasteiger partial charge in [-0.2, -0.15) is 0 Å². The van der Waals surface area contributed by atoms with Gasteiger partial charge in [0, 0.05) is 51.1 Å². The van der Waals surface area contributed by atoms with Gasteiger partial charge in [0.05, 0.1) is 0 Å². The maximum atomic E-state index is 2.49. The van der Waals surface area contributed by atoms with Crippen LogP contribution in [0, 0.1) is 0 Å². The smallest absolute Gasteiger partial charge is 0.0455 e. The molecule has 0 spiro atoms. The van der Waals surface area contributed by atoms with Gasteiger partial charge in [-0.05, 0) is 95.7 Å². The Balaban J connectivity index is 1.15. The molecular weight excluding hydrogens is 677 g/mol. The molecule has 0 saturated heterocycles. The Hall–Kier alpha value is -5.80. The van der Waals surface area contributed by atoms with Crippen molar-refractivity contribution in [1.29, 1.82) is 0 Å². The highest BCUT2D eigenvalue weighted by Gasteiger charge is 2.35. The first-order valence-electron chi connectivity index (χ1n) is 18.4. The zero-order chi connectivity index (χ0) is 35.0. The Morgan fingerprint density at radius 2 is 0.868 bits per heavy atom. The van der Waals surface area contributed by atoms with Crippen molar-refractivity contribution in [3.05, 3.63) is 169 Å². The van der Waals surface area contributed by atoms with Gasteiger partial charge in [0.1, 0.15) is 0 Å². The number of fused-ring (bicyclic) bond motifs is 15. The highest BCUT2D eigenvalue weighted by Crippen LogP contribution is 2.53. The summed E-state index contributed by atoms with van der Waals surface area (Å²) in [5, 5.41) is 13.4. The van der Waals surface area contributed by atoms with Crippen molar-refractivity contribution >= 4 is 95.3 Å². The summed E-state index contributed by atoms with van der Waals surface area (Å²) >= 11 is 3.88. The predicted octanol–water partition coefficient (Wildman–Crippen LogP) is 15.5. The second kappa shape index (κ2) is 10.6. The molecule has 0 radical (unpaired) electrons. The van der Waals surface area contributed by atoms with Crippen LogP contribution >= 0.6 is 22.7 Å². The van der Waals surface area contributed by atoms with Crippen LogP contribution in [-0.4, -0.2) is 0 Å². The average molecular weight is 709 g/mol. The highest BCUT2D eigenvalue weighted by molar-refractivity contribution is 7.30. The number of rotatable bonds is 2. The van der Waals surface area contributed by atoms with Gasteiger partial charge in [0.15, 0.2) is 0 Å². The van der Waals surface area contributed by atoms with Crippen molar-refractivity contribution in [2.24, 2.45) is 0 Å². The predicted molar refractivity (Wildman–Crippen MR) is 233 cm³/mol. The highest BCUT2D eigenvalue weighted by atomic mass is 32.1. The summed E-state index contributed by atoms with van der Waals surface area (Å²) in [5.74, 6) is 0. The molecule has 0 aliphatic heterocycles. The third-order valence-corrected chi connectivity index (χ3v) is 14.4. The zero-order valence-electron chi connectivity index (χ0n) is 29.3. The molecule has 11 aromatic rings. The molecule has 0 atom stereocenters. The van der Waals surface area contributed by atoms with Crippen molar-refractivity contribution < 1.29 is 0 Å². The second-order valence-electron chi connectivity index (χ2n) is 15.1. The molecule has 0 N–H and O–H groups in total. The number of benzene rings is 9. The molecule has 12 rings (SSSR count). The van der Waals surface area contributed by atoms with Crippen molar-refractivity contribution in [2.45, 2.75) is 19.3 Å². The molecule has 0 amide bonds. The molecule has 0 saturated carbocycles. The van der Waals surface area contributed by atoms with Crippen molar-refractivity contribution in [2.75, 3.05) is 0 Å². The normalized spacial score (nSPS) is 13.6. The first kappa shape index (κ1) is 29.7. The van der Waals surface area contributed by atoms with E-state index in [1.54, 1.807) is 0 Å². The van der Waals surface area contributed by atoms with Gasteiger partial charge in [-0.1, -0.05) is 147 Å². The molecule has 1 aliphatic carbocycles. The molecule has 2 heteroatoms. The van der Waals surface area contributed by atoms with Gasteiger partial charge in [-0.3, -0.25) is 0 Å². The Morgan fingerprint density at radius 1 is 0.358 bits per heavy atom. The summed E-state index contributed by atoms with van der Waals surface area (Å²) in [4.78, 5) is 0. The first-order chi connectivity index (χ1) is 26.1. The molecule has 2 heterocycles. The fraction of sp³-hybridized carbons (Fsp3) is 0.0588. The lowest BCUT2D eigenvalue weighted by Crippen LogP contribution is -2.14. The van der Waals surface area contributed by atoms with Crippen LogP contribution in [-0.2, 0) is 5.41 Å². The van der Waals surface area contributed by atoms with E-state index in [-0.39, 0.29) is 5.41 Å². The standard InChI is InChI=1S/C51H32S2/c1-51(2)41-21-11-9-13-31(41)32-25-23-30(28-42(32)51)46-35-16-5-3-14-33(35)45(34-15-4-6-17-36(34)46)29-24-26-44-40(27-29)47-37-18-7-8-19-38(37)49-48(50(47)53-44)39-20-10-12-22-43(39)52-49/h3-28H,1-2H3. The summed E-state index contributed by atoms with van der Waals surface area (Å²) in [6, 6.07) is 59.5. The van der Waals surface area contributed by atoms with Crippen LogP contribution in [0.15, 0.2) is 158 Å². The van der Waals surface area contributed by atoms with Gasteiger partial charge in [-0.15, -0.1) is 22.7 Å². The van der Waals surface area contributed by atoms with E-state index in [2.05, 4.69) is 172 Å². The van der Waals surface area contributed by atoms with Gasteiger partial charge < -0.3 is 0 Å².